The van der Waals surface area contributed by atoms with Gasteiger partial charge in [0, 0.05) is 44.8 Å². The van der Waals surface area contributed by atoms with E-state index in [1.807, 2.05) is 22.7 Å². The highest BCUT2D eigenvalue weighted by atomic mass is 35.5. The van der Waals surface area contributed by atoms with Gasteiger partial charge in [-0.25, -0.2) is 4.98 Å². The van der Waals surface area contributed by atoms with Gasteiger partial charge in [0.2, 0.25) is 5.91 Å². The van der Waals surface area contributed by atoms with E-state index in [1.165, 1.54) is 18.2 Å². The summed E-state index contributed by atoms with van der Waals surface area (Å²) in [5.74, 6) is 0.517. The van der Waals surface area contributed by atoms with Gasteiger partial charge in [0.1, 0.15) is 11.6 Å². The lowest BCUT2D eigenvalue weighted by Crippen LogP contribution is -2.49. The second-order valence-electron chi connectivity index (χ2n) is 6.16. The number of rotatable bonds is 6. The maximum atomic E-state index is 12.5. The van der Waals surface area contributed by atoms with Gasteiger partial charge in [-0.15, -0.1) is 0 Å². The van der Waals surface area contributed by atoms with Crippen LogP contribution < -0.4 is 15.4 Å². The molecule has 0 bridgehead atoms. The predicted octanol–water partition coefficient (Wildman–Crippen LogP) is 2.26. The molecule has 1 unspecified atom stereocenters. The Morgan fingerprint density at radius 3 is 3.00 bits per heavy atom. The number of halogens is 3. The fourth-order valence-corrected chi connectivity index (χ4v) is 3.27. The highest BCUT2D eigenvalue weighted by Gasteiger charge is 2.28. The number of nitrogens with zero attached hydrogens (tertiary/aromatic N) is 3. The lowest BCUT2D eigenvalue weighted by molar-refractivity contribution is -0.118. The van der Waals surface area contributed by atoms with Crippen LogP contribution in [0.1, 0.15) is 11.9 Å². The van der Waals surface area contributed by atoms with Gasteiger partial charge in [-0.3, -0.25) is 9.69 Å². The van der Waals surface area contributed by atoms with E-state index in [9.17, 15) is 13.6 Å². The SMILES string of the molecule is Cn1ccnc1C1CNCCN1CC(=O)Nc1ccc(OC(F)F)c(Cl)c1. The quantitative estimate of drug-likeness (QED) is 0.779. The van der Waals surface area contributed by atoms with Crippen molar-refractivity contribution in [1.29, 1.82) is 0 Å². The first-order valence-corrected chi connectivity index (χ1v) is 8.78. The molecule has 1 aliphatic rings. The molecule has 1 atom stereocenters. The average Bonchev–Trinajstić information content (AvgIpc) is 3.03. The normalized spacial score (nSPS) is 17.9. The molecule has 7 nitrogen and oxygen atoms in total. The van der Waals surface area contributed by atoms with Crippen LogP contribution in [0.3, 0.4) is 0 Å². The summed E-state index contributed by atoms with van der Waals surface area (Å²) >= 11 is 5.92. The Hall–Kier alpha value is -2.23. The van der Waals surface area contributed by atoms with Crippen LogP contribution in [0.4, 0.5) is 14.5 Å². The molecule has 0 saturated carbocycles. The molecular weight excluding hydrogens is 380 g/mol. The summed E-state index contributed by atoms with van der Waals surface area (Å²) < 4.78 is 30.8. The van der Waals surface area contributed by atoms with Gasteiger partial charge >= 0.3 is 6.61 Å². The number of aromatic nitrogens is 2. The second kappa shape index (κ2) is 8.64. The topological polar surface area (TPSA) is 71.4 Å². The monoisotopic (exact) mass is 399 g/mol. The zero-order valence-corrected chi connectivity index (χ0v) is 15.4. The minimum absolute atomic E-state index is 0.00107. The summed E-state index contributed by atoms with van der Waals surface area (Å²) in [7, 11) is 1.92. The molecule has 146 valence electrons. The maximum Gasteiger partial charge on any atom is 0.387 e. The van der Waals surface area contributed by atoms with Gasteiger partial charge in [-0.05, 0) is 18.2 Å². The molecule has 0 aliphatic carbocycles. The number of benzene rings is 1. The van der Waals surface area contributed by atoms with Crippen molar-refractivity contribution in [2.75, 3.05) is 31.5 Å². The number of aryl methyl sites for hydroxylation is 1. The molecule has 1 saturated heterocycles. The van der Waals surface area contributed by atoms with Gasteiger partial charge < -0.3 is 19.9 Å². The van der Waals surface area contributed by atoms with E-state index in [0.717, 1.165) is 12.4 Å². The summed E-state index contributed by atoms with van der Waals surface area (Å²) in [6.45, 7) is -0.610. The first kappa shape index (κ1) is 19.5. The lowest BCUT2D eigenvalue weighted by Gasteiger charge is -2.35. The molecule has 0 spiro atoms. The Labute approximate surface area is 160 Å². The van der Waals surface area contributed by atoms with Crippen molar-refractivity contribution in [3.63, 3.8) is 0 Å². The van der Waals surface area contributed by atoms with Crippen LogP contribution in [0.5, 0.6) is 5.75 Å². The third-order valence-electron chi connectivity index (χ3n) is 4.29. The zero-order chi connectivity index (χ0) is 19.4. The number of nitrogens with one attached hydrogen (secondary N) is 2. The van der Waals surface area contributed by atoms with Crippen LogP contribution in [0.15, 0.2) is 30.6 Å². The maximum absolute atomic E-state index is 12.5. The second-order valence-corrected chi connectivity index (χ2v) is 6.57. The zero-order valence-electron chi connectivity index (χ0n) is 14.7. The first-order chi connectivity index (χ1) is 12.9. The summed E-state index contributed by atoms with van der Waals surface area (Å²) in [5.41, 5.74) is 0.412. The molecule has 1 aromatic carbocycles. The van der Waals surface area contributed by atoms with Crippen LogP contribution >= 0.6 is 11.6 Å². The summed E-state index contributed by atoms with van der Waals surface area (Å²) in [6.07, 6.45) is 3.60. The molecule has 2 heterocycles. The third kappa shape index (κ3) is 4.94. The van der Waals surface area contributed by atoms with E-state index < -0.39 is 6.61 Å². The van der Waals surface area contributed by atoms with Crippen molar-refractivity contribution in [3.8, 4) is 5.75 Å². The average molecular weight is 400 g/mol. The molecule has 1 aliphatic heterocycles. The van der Waals surface area contributed by atoms with Gasteiger partial charge in [-0.1, -0.05) is 11.6 Å². The van der Waals surface area contributed by atoms with Crippen molar-refractivity contribution >= 4 is 23.2 Å². The van der Waals surface area contributed by atoms with Gasteiger partial charge in [0.25, 0.3) is 0 Å². The van der Waals surface area contributed by atoms with E-state index in [0.29, 0.717) is 18.8 Å². The van der Waals surface area contributed by atoms with Crippen LogP contribution in [-0.2, 0) is 11.8 Å². The molecule has 1 aromatic heterocycles. The Morgan fingerprint density at radius 2 is 2.33 bits per heavy atom. The van der Waals surface area contributed by atoms with E-state index >= 15 is 0 Å². The Balaban J connectivity index is 1.64. The van der Waals surface area contributed by atoms with Crippen molar-refractivity contribution < 1.29 is 18.3 Å². The molecule has 10 heteroatoms. The Bertz CT molecular complexity index is 801. The van der Waals surface area contributed by atoms with E-state index in [2.05, 4.69) is 20.4 Å². The molecule has 27 heavy (non-hydrogen) atoms. The Morgan fingerprint density at radius 1 is 1.52 bits per heavy atom. The lowest BCUT2D eigenvalue weighted by atomic mass is 10.1. The summed E-state index contributed by atoms with van der Waals surface area (Å²) in [5, 5.41) is 6.05. The number of ether oxygens (including phenoxy) is 1. The number of amides is 1. The number of imidazole rings is 1. The van der Waals surface area contributed by atoms with Crippen molar-refractivity contribution in [2.45, 2.75) is 12.7 Å². The van der Waals surface area contributed by atoms with Gasteiger partial charge in [0.05, 0.1) is 17.6 Å². The van der Waals surface area contributed by atoms with E-state index in [1.54, 1.807) is 6.20 Å². The van der Waals surface area contributed by atoms with E-state index in [-0.39, 0.29) is 29.3 Å². The first-order valence-electron chi connectivity index (χ1n) is 8.40. The minimum atomic E-state index is -2.96. The predicted molar refractivity (Wildman–Crippen MR) is 97.1 cm³/mol. The van der Waals surface area contributed by atoms with Crippen LogP contribution in [-0.4, -0.2) is 53.1 Å². The number of alkyl halides is 2. The number of piperazine rings is 1. The number of anilines is 1. The molecule has 0 radical (unpaired) electrons. The molecule has 2 N–H and O–H groups in total. The standard InChI is InChI=1S/C17H20ClF2N5O2/c1-24-6-5-22-16(24)13-9-21-4-7-25(13)10-15(26)23-11-2-3-14(12(18)8-11)27-17(19)20/h2-3,5-6,8,13,17,21H,4,7,9-10H2,1H3,(H,23,26). The number of hydrogen-bond donors (Lipinski definition) is 2. The van der Waals surface area contributed by atoms with Crippen LogP contribution in [0.25, 0.3) is 0 Å². The highest BCUT2D eigenvalue weighted by Crippen LogP contribution is 2.29. The van der Waals surface area contributed by atoms with Crippen LogP contribution in [0, 0.1) is 0 Å². The summed E-state index contributed by atoms with van der Waals surface area (Å²) in [6, 6.07) is 4.13. The minimum Gasteiger partial charge on any atom is -0.433 e. The van der Waals surface area contributed by atoms with Gasteiger partial charge in [0.15, 0.2) is 0 Å². The molecule has 2 aromatic rings. The highest BCUT2D eigenvalue weighted by molar-refractivity contribution is 6.32. The number of hydrogen-bond acceptors (Lipinski definition) is 5. The van der Waals surface area contributed by atoms with Crippen molar-refractivity contribution in [2.24, 2.45) is 7.05 Å². The number of carbonyl (C=O) groups excluding carboxylic acids is 1. The molecule has 1 fully saturated rings. The molecule has 1 amide bonds. The molecule has 3 rings (SSSR count). The smallest absolute Gasteiger partial charge is 0.387 e. The van der Waals surface area contributed by atoms with Crippen molar-refractivity contribution in [3.05, 3.63) is 41.4 Å². The third-order valence-corrected chi connectivity index (χ3v) is 4.58. The van der Waals surface area contributed by atoms with Crippen LogP contribution in [0.2, 0.25) is 5.02 Å². The fourth-order valence-electron chi connectivity index (χ4n) is 3.04. The van der Waals surface area contributed by atoms with Crippen molar-refractivity contribution in [1.82, 2.24) is 19.8 Å². The van der Waals surface area contributed by atoms with Gasteiger partial charge in [-0.2, -0.15) is 8.78 Å². The number of carbonyl (C=O) groups is 1. The largest absolute Gasteiger partial charge is 0.433 e. The molecular formula is C17H20ClF2N5O2. The fraction of sp³-hybridized carbons (Fsp3) is 0.412. The van der Waals surface area contributed by atoms with E-state index in [4.69, 9.17) is 11.6 Å². The summed E-state index contributed by atoms with van der Waals surface area (Å²) in [4.78, 5) is 18.9. The Kier molecular flexibility index (Phi) is 6.25.